The third kappa shape index (κ3) is 5.10. The van der Waals surface area contributed by atoms with Gasteiger partial charge in [0.1, 0.15) is 5.82 Å². The summed E-state index contributed by atoms with van der Waals surface area (Å²) in [4.78, 5) is 27.6. The van der Waals surface area contributed by atoms with Crippen LogP contribution in [0.15, 0.2) is 24.5 Å². The summed E-state index contributed by atoms with van der Waals surface area (Å²) in [7, 11) is 0. The predicted octanol–water partition coefficient (Wildman–Crippen LogP) is -0.706. The molecule has 0 bridgehead atoms. The lowest BCUT2D eigenvalue weighted by Gasteiger charge is -2.37. The van der Waals surface area contributed by atoms with Crippen LogP contribution in [0.2, 0.25) is 0 Å². The molecule has 1 aliphatic rings. The van der Waals surface area contributed by atoms with Gasteiger partial charge < -0.3 is 26.6 Å². The van der Waals surface area contributed by atoms with Crippen molar-refractivity contribution in [3.05, 3.63) is 41.3 Å². The maximum Gasteiger partial charge on any atom is 0.236 e. The highest BCUT2D eigenvalue weighted by molar-refractivity contribution is 5.84. The van der Waals surface area contributed by atoms with Gasteiger partial charge in [0.25, 0.3) is 0 Å². The van der Waals surface area contributed by atoms with Crippen LogP contribution in [-0.2, 0) is 4.79 Å². The summed E-state index contributed by atoms with van der Waals surface area (Å²) in [5.74, 6) is 6.81. The zero-order valence-corrected chi connectivity index (χ0v) is 16.1. The number of hydrogen-bond donors (Lipinski definition) is 4. The molecule has 0 saturated carbocycles. The number of nitrogen functional groups attached to an aromatic ring is 1. The van der Waals surface area contributed by atoms with Gasteiger partial charge in [0.2, 0.25) is 11.9 Å². The first kappa shape index (κ1) is 19.9. The number of hydrogen-bond acceptors (Lipinski definition) is 7. The van der Waals surface area contributed by atoms with Crippen LogP contribution in [0.5, 0.6) is 0 Å². The smallest absolute Gasteiger partial charge is 0.236 e. The highest BCUT2D eigenvalue weighted by atomic mass is 16.1. The van der Waals surface area contributed by atoms with E-state index >= 15 is 0 Å². The molecule has 150 valence electrons. The third-order valence-electron chi connectivity index (χ3n) is 4.41. The average molecular weight is 393 g/mol. The van der Waals surface area contributed by atoms with Crippen molar-refractivity contribution in [2.75, 3.05) is 43.4 Å². The first-order valence-corrected chi connectivity index (χ1v) is 9.11. The molecule has 1 fully saturated rings. The molecule has 2 aromatic heterocycles. The van der Waals surface area contributed by atoms with Crippen molar-refractivity contribution < 1.29 is 4.79 Å². The van der Waals surface area contributed by atoms with Crippen LogP contribution in [0.3, 0.4) is 0 Å². The van der Waals surface area contributed by atoms with Crippen LogP contribution >= 0.6 is 0 Å². The molecule has 3 rings (SSSR count). The van der Waals surface area contributed by atoms with E-state index in [4.69, 9.17) is 16.9 Å². The van der Waals surface area contributed by atoms with Gasteiger partial charge in [-0.15, -0.1) is 0 Å². The van der Waals surface area contributed by atoms with Gasteiger partial charge in [-0.05, 0) is 19.1 Å². The van der Waals surface area contributed by atoms with Gasteiger partial charge in [-0.3, -0.25) is 15.2 Å². The van der Waals surface area contributed by atoms with Crippen LogP contribution in [0, 0.1) is 24.2 Å². The molecule has 2 aromatic rings. The minimum Gasteiger partial charge on any atom is -0.368 e. The van der Waals surface area contributed by atoms with Crippen molar-refractivity contribution >= 4 is 23.6 Å². The Kier molecular flexibility index (Phi) is 6.09. The number of nitrogens with one attached hydrogen (secondary N) is 2. The molecule has 0 unspecified atom stereocenters. The Bertz CT molecular complexity index is 957. The number of anilines is 2. The second kappa shape index (κ2) is 8.88. The van der Waals surface area contributed by atoms with E-state index in [9.17, 15) is 4.79 Å². The number of primary amides is 1. The average Bonchev–Trinajstić information content (AvgIpc) is 2.71. The quantitative estimate of drug-likeness (QED) is 0.303. The molecule has 1 aliphatic heterocycles. The molecule has 0 aromatic carbocycles. The monoisotopic (exact) mass is 393 g/mol. The summed E-state index contributed by atoms with van der Waals surface area (Å²) in [5.41, 5.74) is 13.2. The minimum absolute atomic E-state index is 0.0607. The largest absolute Gasteiger partial charge is 0.368 e. The van der Waals surface area contributed by atoms with Crippen LogP contribution < -0.4 is 21.7 Å². The van der Waals surface area contributed by atoms with Crippen molar-refractivity contribution in [2.24, 2.45) is 5.73 Å². The van der Waals surface area contributed by atoms with Crippen molar-refractivity contribution in [3.8, 4) is 11.8 Å². The Balaban J connectivity index is 1.77. The summed E-state index contributed by atoms with van der Waals surface area (Å²) in [6.45, 7) is 4.21. The Morgan fingerprint density at radius 3 is 2.69 bits per heavy atom. The molecule has 6 N–H and O–H groups in total. The summed E-state index contributed by atoms with van der Waals surface area (Å²) in [6.07, 6.45) is 3.40. The van der Waals surface area contributed by atoms with E-state index in [0.29, 0.717) is 37.7 Å². The van der Waals surface area contributed by atoms with Crippen molar-refractivity contribution in [1.29, 1.82) is 5.41 Å². The summed E-state index contributed by atoms with van der Waals surface area (Å²) < 4.78 is 0. The van der Waals surface area contributed by atoms with E-state index < -0.39 is 5.91 Å². The van der Waals surface area contributed by atoms with Crippen LogP contribution in [0.1, 0.15) is 16.8 Å². The predicted molar refractivity (Wildman–Crippen MR) is 110 cm³/mol. The van der Waals surface area contributed by atoms with Gasteiger partial charge in [-0.1, -0.05) is 11.8 Å². The van der Waals surface area contributed by atoms with Crippen LogP contribution in [-0.4, -0.2) is 64.4 Å². The van der Waals surface area contributed by atoms with Gasteiger partial charge in [0.15, 0.2) is 5.96 Å². The normalized spacial score (nSPS) is 13.4. The lowest BCUT2D eigenvalue weighted by Crippen LogP contribution is -2.53. The molecular weight excluding hydrogens is 370 g/mol. The SMILES string of the molecule is Cc1nc(N)nc(N2CCN(C(=N)NCC(N)=O)CC2)c1C#Cc1cccnc1. The minimum atomic E-state index is -0.503. The topological polar surface area (TPSA) is 150 Å². The number of nitrogens with zero attached hydrogens (tertiary/aromatic N) is 5. The van der Waals surface area contributed by atoms with E-state index in [1.165, 1.54) is 0 Å². The van der Waals surface area contributed by atoms with Crippen molar-refractivity contribution in [2.45, 2.75) is 6.92 Å². The zero-order valence-electron chi connectivity index (χ0n) is 16.1. The van der Waals surface area contributed by atoms with Crippen molar-refractivity contribution in [1.82, 2.24) is 25.2 Å². The number of aromatic nitrogens is 3. The first-order chi connectivity index (χ1) is 13.9. The van der Waals surface area contributed by atoms with E-state index in [1.54, 1.807) is 12.4 Å². The lowest BCUT2D eigenvalue weighted by molar-refractivity contribution is -0.117. The van der Waals surface area contributed by atoms with Gasteiger partial charge in [0.05, 0.1) is 17.8 Å². The summed E-state index contributed by atoms with van der Waals surface area (Å²) >= 11 is 0. The lowest BCUT2D eigenvalue weighted by atomic mass is 10.1. The molecule has 10 nitrogen and oxygen atoms in total. The van der Waals surface area contributed by atoms with E-state index in [0.717, 1.165) is 11.1 Å². The molecular formula is C19H23N9O. The second-order valence-corrected chi connectivity index (χ2v) is 6.50. The number of nitrogens with two attached hydrogens (primary N) is 2. The number of aryl methyl sites for hydroxylation is 1. The highest BCUT2D eigenvalue weighted by Crippen LogP contribution is 2.22. The molecule has 1 saturated heterocycles. The first-order valence-electron chi connectivity index (χ1n) is 9.11. The van der Waals surface area contributed by atoms with Gasteiger partial charge in [-0.25, -0.2) is 4.98 Å². The van der Waals surface area contributed by atoms with Crippen LogP contribution in [0.4, 0.5) is 11.8 Å². The van der Waals surface area contributed by atoms with Gasteiger partial charge in [-0.2, -0.15) is 4.98 Å². The Morgan fingerprint density at radius 2 is 2.03 bits per heavy atom. The molecule has 0 spiro atoms. The van der Waals surface area contributed by atoms with Gasteiger partial charge in [0, 0.05) is 44.1 Å². The zero-order chi connectivity index (χ0) is 20.8. The van der Waals surface area contributed by atoms with E-state index in [2.05, 4.69) is 37.0 Å². The maximum absolute atomic E-state index is 10.9. The number of carbonyl (C=O) groups excluding carboxylic acids is 1. The molecule has 0 aliphatic carbocycles. The van der Waals surface area contributed by atoms with Crippen molar-refractivity contribution in [3.63, 3.8) is 0 Å². The Morgan fingerprint density at radius 1 is 1.28 bits per heavy atom. The molecule has 1 amide bonds. The molecule has 0 radical (unpaired) electrons. The number of amides is 1. The molecule has 10 heteroatoms. The number of pyridine rings is 1. The number of carbonyl (C=O) groups is 1. The van der Waals surface area contributed by atoms with E-state index in [1.807, 2.05) is 24.0 Å². The fraction of sp³-hybridized carbons (Fsp3) is 0.316. The second-order valence-electron chi connectivity index (χ2n) is 6.50. The summed E-state index contributed by atoms with van der Waals surface area (Å²) in [6, 6.07) is 3.72. The standard InChI is InChI=1S/C19H23N9O/c1-13-15(5-4-14-3-2-6-23-11-14)17(26-18(21)25-13)27-7-9-28(10-8-27)19(22)24-12-16(20)29/h2-3,6,11H,7-10,12H2,1H3,(H2,20,29)(H2,22,24)(H2,21,25,26). The molecule has 3 heterocycles. The van der Waals surface area contributed by atoms with E-state index in [-0.39, 0.29) is 18.5 Å². The number of rotatable bonds is 3. The number of guanidine groups is 1. The highest BCUT2D eigenvalue weighted by Gasteiger charge is 2.23. The van der Waals surface area contributed by atoms with Gasteiger partial charge >= 0.3 is 0 Å². The summed E-state index contributed by atoms with van der Waals surface area (Å²) in [5, 5.41) is 10.7. The molecule has 29 heavy (non-hydrogen) atoms. The van der Waals surface area contributed by atoms with Crippen LogP contribution in [0.25, 0.3) is 0 Å². The fourth-order valence-corrected chi connectivity index (χ4v) is 2.95. The Labute approximate surface area is 168 Å². The fourth-order valence-electron chi connectivity index (χ4n) is 2.95. The Hall–Kier alpha value is -3.87. The maximum atomic E-state index is 10.9. The molecule has 0 atom stereocenters. The number of piperazine rings is 1. The third-order valence-corrected chi connectivity index (χ3v) is 4.41.